The van der Waals surface area contributed by atoms with Crippen LogP contribution in [0.25, 0.3) is 10.9 Å². The predicted molar refractivity (Wildman–Crippen MR) is 553 cm³/mol. The number of rotatable bonds is 60. The lowest BCUT2D eigenvalue weighted by Crippen LogP contribution is -2.60. The predicted octanol–water partition coefficient (Wildman–Crippen LogP) is 8.26. The number of phenols is 2. The largest absolute Gasteiger partial charge is 0.508 e. The Bertz CT molecular complexity index is 5010. The molecule has 8 amide bonds. The zero-order valence-electron chi connectivity index (χ0n) is 83.3. The van der Waals surface area contributed by atoms with E-state index in [1.54, 1.807) is 42.0 Å². The van der Waals surface area contributed by atoms with E-state index in [0.717, 1.165) is 161 Å². The monoisotopic (exact) mass is 2010 g/mol. The van der Waals surface area contributed by atoms with Crippen LogP contribution in [0.15, 0.2) is 125 Å². The summed E-state index contributed by atoms with van der Waals surface area (Å²) in [6.45, 7) is 11.3. The number of aromatic amines is 1. The summed E-state index contributed by atoms with van der Waals surface area (Å²) in [7, 11) is 6.81. The zero-order valence-corrected chi connectivity index (χ0v) is 84.9. The topological polar surface area (TPSA) is 554 Å². The molecule has 2 saturated heterocycles. The molecule has 1 aromatic heterocycles. The van der Waals surface area contributed by atoms with E-state index in [-0.39, 0.29) is 130 Å². The summed E-state index contributed by atoms with van der Waals surface area (Å²) in [5.74, 6) is -2.86. The van der Waals surface area contributed by atoms with Crippen molar-refractivity contribution in [1.29, 1.82) is 0 Å². The molecule has 2 saturated carbocycles. The molecule has 10 rings (SSSR count). The number of nitrogens with one attached hydrogen (secondary N) is 8. The average Bonchev–Trinajstić information content (AvgIpc) is 1.57. The number of benzene rings is 5. The van der Waals surface area contributed by atoms with E-state index in [0.29, 0.717) is 87.0 Å². The fourth-order valence-electron chi connectivity index (χ4n) is 18.7. The Morgan fingerprint density at radius 2 is 0.915 bits per heavy atom. The van der Waals surface area contributed by atoms with Gasteiger partial charge in [-0.1, -0.05) is 140 Å². The Balaban J connectivity index is 0.000000571. The number of aliphatic imine (C=N–C) groups is 2. The van der Waals surface area contributed by atoms with E-state index >= 15 is 0 Å². The number of hydrogen-bond donors (Lipinski definition) is 16. The van der Waals surface area contributed by atoms with Crippen molar-refractivity contribution in [3.05, 3.63) is 154 Å². The van der Waals surface area contributed by atoms with Crippen molar-refractivity contribution in [2.24, 2.45) is 44.4 Å². The summed E-state index contributed by atoms with van der Waals surface area (Å²) in [6.07, 6.45) is 21.7. The van der Waals surface area contributed by atoms with Gasteiger partial charge in [0.1, 0.15) is 71.5 Å². The molecule has 2 aliphatic carbocycles. The standard InChI is InChI=1S/C79H114N16O14.C25H40N2O4S2/c1-50-44-54(31-36-68(50)107-3)38-43-108-69-24-13-12-23-67(69)95-42-37-58(49-95)109-71(100)26-9-7-5-4-6-8-25-70(99)85-39-15-14-20-61(72(80)101)90-77(106)66(47-55-48-88-60-19-11-10-18-59(55)60)94-74(103)63(22-17-41-87-79(83)84)91-75(104)64(45-52-27-32-56(97)33-28-52)93-76(105)65(46-53-29-34-57(98)35-30-53)92-73(102)62(89-51(2)96)21-16-40-86-78(81)82;1-19-17-20(7-8-23(19)29-2)10-14-30-24-6-4-3-5-22(24)27-13-9-21(18-27)31-25(28)11-15-32-33-16-12-26/h10-11,18-19,27-36,44,48,58,61-67,69,88,97-98H,4-9,12-17,20-26,37-43,45-47,49H2,1-3H3,(H2,80,101)(H,85,99)(H,89,96)(H,90,106)(H,91,104)(H,92,102)(H,93,105)(H,94,103)(H4,81,82,86)(H4,83,84,87);7-8,17,21-22,24H,3-6,9-16,18,26H2,1-2H3/t58-,61+,62+,63+,64+,65+,66+,67-,69-;21-,22-,24-/m11/s1. The summed E-state index contributed by atoms with van der Waals surface area (Å²) < 4.78 is 35.4. The number of esters is 2. The van der Waals surface area contributed by atoms with Crippen LogP contribution < -0.4 is 81.1 Å². The number of hydrogen-bond acceptors (Lipinski definition) is 25. The van der Waals surface area contributed by atoms with Crippen molar-refractivity contribution < 1.29 is 86.6 Å². The van der Waals surface area contributed by atoms with Crippen LogP contribution in [0.4, 0.5) is 0 Å². The lowest BCUT2D eigenvalue weighted by molar-refractivity contribution is -0.149. The first-order chi connectivity index (χ1) is 68.5. The zero-order chi connectivity index (χ0) is 102. The van der Waals surface area contributed by atoms with Crippen molar-refractivity contribution in [2.45, 2.75) is 293 Å². The number of aromatic nitrogens is 1. The Hall–Kier alpha value is -11.4. The van der Waals surface area contributed by atoms with Crippen LogP contribution in [0.3, 0.4) is 0 Å². The highest BCUT2D eigenvalue weighted by atomic mass is 33.1. The number of aryl methyl sites for hydroxylation is 2. The van der Waals surface area contributed by atoms with Crippen molar-refractivity contribution >= 4 is 104 Å². The van der Waals surface area contributed by atoms with Crippen LogP contribution in [-0.4, -0.2) is 260 Å². The number of ether oxygens (including phenoxy) is 6. The van der Waals surface area contributed by atoms with E-state index in [1.165, 1.54) is 92.3 Å². The van der Waals surface area contributed by atoms with Gasteiger partial charge in [-0.3, -0.25) is 67.7 Å². The van der Waals surface area contributed by atoms with Gasteiger partial charge in [-0.15, -0.1) is 0 Å². The van der Waals surface area contributed by atoms with E-state index in [4.69, 9.17) is 62.8 Å². The number of phenolic OH excluding ortho intramolecular Hbond substituents is 2. The number of methoxy groups -OCH3 is 2. The molecule has 12 atom stereocenters. The van der Waals surface area contributed by atoms with Crippen molar-refractivity contribution in [3.8, 4) is 23.0 Å². The second-order valence-corrected chi connectivity index (χ2v) is 39.9. The van der Waals surface area contributed by atoms with Gasteiger partial charge in [-0.2, -0.15) is 0 Å². The summed E-state index contributed by atoms with van der Waals surface area (Å²) >= 11 is 0. The van der Waals surface area contributed by atoms with Gasteiger partial charge in [0.05, 0.1) is 46.1 Å². The number of nitrogens with two attached hydrogens (primary N) is 6. The molecule has 4 fully saturated rings. The number of unbranched alkanes of at least 4 members (excludes halogenated alkanes) is 6. The molecule has 0 radical (unpaired) electrons. The van der Waals surface area contributed by atoms with E-state index < -0.39 is 77.6 Å². The number of para-hydroxylation sites is 1. The average molecular weight is 2010 g/mol. The molecule has 4 aliphatic rings. The first-order valence-corrected chi connectivity index (χ1v) is 52.9. The normalized spacial score (nSPS) is 18.2. The molecule has 142 heavy (non-hydrogen) atoms. The number of amides is 8. The fourth-order valence-corrected chi connectivity index (χ4v) is 20.5. The number of aromatic hydroxyl groups is 2. The van der Waals surface area contributed by atoms with Crippen molar-refractivity contribution in [2.75, 3.05) is 91.3 Å². The van der Waals surface area contributed by atoms with Gasteiger partial charge >= 0.3 is 11.9 Å². The van der Waals surface area contributed by atoms with E-state index in [1.807, 2.05) is 36.4 Å². The molecule has 0 spiro atoms. The first-order valence-electron chi connectivity index (χ1n) is 50.4. The van der Waals surface area contributed by atoms with Crippen LogP contribution in [0.5, 0.6) is 23.0 Å². The summed E-state index contributed by atoms with van der Waals surface area (Å²) in [4.78, 5) is 153. The number of guanidine groups is 2. The molecule has 3 heterocycles. The quantitative estimate of drug-likeness (QED) is 0.00561. The molecule has 2 aliphatic heterocycles. The third kappa shape index (κ3) is 40.8. The number of carbonyl (C=O) groups excluding carboxylic acids is 10. The number of likely N-dealkylation sites (tertiary alicyclic amines) is 2. The van der Waals surface area contributed by atoms with Gasteiger partial charge in [0.2, 0.25) is 47.3 Å². The number of fused-ring (bicyclic) bond motifs is 1. The maximum atomic E-state index is 14.9. The maximum absolute atomic E-state index is 14.9. The molecule has 0 bridgehead atoms. The Labute approximate surface area is 843 Å². The van der Waals surface area contributed by atoms with Crippen LogP contribution in [0.1, 0.15) is 213 Å². The highest BCUT2D eigenvalue weighted by molar-refractivity contribution is 8.76. The third-order valence-corrected chi connectivity index (χ3v) is 28.6. The fraction of sp³-hybridized carbons (Fsp3) is 0.577. The minimum Gasteiger partial charge on any atom is -0.508 e. The molecule has 38 heteroatoms. The molecule has 5 aromatic carbocycles. The summed E-state index contributed by atoms with van der Waals surface area (Å²) in [6, 6.07) is 24.3. The molecule has 780 valence electrons. The number of nitrogens with zero attached hydrogens (tertiary/aromatic N) is 4. The molecule has 36 nitrogen and oxygen atoms in total. The van der Waals surface area contributed by atoms with Crippen LogP contribution in [0.2, 0.25) is 0 Å². The van der Waals surface area contributed by atoms with Gasteiger partial charge in [0.25, 0.3) is 0 Å². The molecule has 22 N–H and O–H groups in total. The molecule has 6 aromatic rings. The summed E-state index contributed by atoms with van der Waals surface area (Å²) in [5, 5.41) is 40.4. The Kier molecular flexibility index (Phi) is 50.0. The Morgan fingerprint density at radius 3 is 1.40 bits per heavy atom. The highest BCUT2D eigenvalue weighted by Gasteiger charge is 2.40. The first kappa shape index (κ1) is 114. The minimum atomic E-state index is -1.49. The van der Waals surface area contributed by atoms with Gasteiger partial charge in [0.15, 0.2) is 11.9 Å². The van der Waals surface area contributed by atoms with Crippen LogP contribution >= 0.6 is 21.6 Å². The molecule has 0 unspecified atom stereocenters. The molecular formula is C104H154N18O18S2. The van der Waals surface area contributed by atoms with Gasteiger partial charge in [0, 0.05) is 132 Å². The number of primary amides is 1. The summed E-state index contributed by atoms with van der Waals surface area (Å²) in [5.41, 5.74) is 40.8. The van der Waals surface area contributed by atoms with Crippen LogP contribution in [-0.2, 0) is 99.0 Å². The second-order valence-electron chi connectivity index (χ2n) is 37.2. The number of H-pyrrole nitrogens is 1. The van der Waals surface area contributed by atoms with Crippen LogP contribution in [0, 0.1) is 13.8 Å². The van der Waals surface area contributed by atoms with E-state index in [9.17, 15) is 58.2 Å². The van der Waals surface area contributed by atoms with Gasteiger partial charge in [-0.25, -0.2) is 0 Å². The molecular weight excluding hydrogens is 1850 g/mol. The smallest absolute Gasteiger partial charge is 0.306 e. The number of carbonyl (C=O) groups is 10. The lowest BCUT2D eigenvalue weighted by Gasteiger charge is -2.37. The van der Waals surface area contributed by atoms with Crippen molar-refractivity contribution in [3.63, 3.8) is 0 Å². The van der Waals surface area contributed by atoms with Gasteiger partial charge in [-0.05, 0) is 204 Å². The Morgan fingerprint density at radius 1 is 0.479 bits per heavy atom. The second kappa shape index (κ2) is 62.2. The van der Waals surface area contributed by atoms with E-state index in [2.05, 4.69) is 100 Å². The maximum Gasteiger partial charge on any atom is 0.306 e. The minimum absolute atomic E-state index is 0.0162. The third-order valence-electron chi connectivity index (χ3n) is 26.2. The van der Waals surface area contributed by atoms with Crippen molar-refractivity contribution in [1.82, 2.24) is 52.0 Å². The lowest BCUT2D eigenvalue weighted by atomic mass is 9.91. The SMILES string of the molecule is COc1ccc(CCO[C@@H]2CCCC[C@H]2N2CC[C@@H](OC(=O)CCCCCCCCC(=O)NCCCC[C@H](NC(=O)[C@H](Cc3c[nH]c4ccccc34)NC(=O)[C@H](CCCN=C(N)N)NC(=O)[C@H](Cc3ccc(O)cc3)NC(=O)[C@H](Cc3ccc(O)cc3)NC(=O)[C@H](CCCN=C(N)N)NC(C)=O)C(N)=O)C2)cc1C.COc1ccc(CCO[C@@H]2CCCC[C@H]2N2CC[C@@H](OC(=O)CCSSCCN)C2)cc1C. The van der Waals surface area contributed by atoms with Gasteiger partial charge < -0.3 is 115 Å². The highest BCUT2D eigenvalue weighted by Crippen LogP contribution is 2.34.